The minimum atomic E-state index is 0.171. The van der Waals surface area contributed by atoms with Crippen molar-refractivity contribution >= 4 is 15.9 Å². The summed E-state index contributed by atoms with van der Waals surface area (Å²) in [6.07, 6.45) is 2.05. The van der Waals surface area contributed by atoms with Gasteiger partial charge in [-0.3, -0.25) is 4.68 Å². The van der Waals surface area contributed by atoms with E-state index in [2.05, 4.69) is 74.4 Å². The van der Waals surface area contributed by atoms with Crippen molar-refractivity contribution in [1.29, 1.82) is 0 Å². The van der Waals surface area contributed by atoms with E-state index in [4.69, 9.17) is 5.10 Å². The van der Waals surface area contributed by atoms with Crippen LogP contribution in [0.3, 0.4) is 0 Å². The molecule has 0 amide bonds. The third-order valence-electron chi connectivity index (χ3n) is 3.99. The van der Waals surface area contributed by atoms with E-state index in [9.17, 15) is 0 Å². The number of aromatic nitrogens is 2. The molecule has 0 aliphatic rings. The first-order chi connectivity index (χ1) is 9.69. The summed E-state index contributed by atoms with van der Waals surface area (Å²) in [4.78, 5) is 0. The van der Waals surface area contributed by atoms with Gasteiger partial charge >= 0.3 is 0 Å². The fourth-order valence-corrected chi connectivity index (χ4v) is 3.17. The first-order valence-electron chi connectivity index (χ1n) is 8.18. The van der Waals surface area contributed by atoms with Gasteiger partial charge in [-0.15, -0.1) is 0 Å². The van der Waals surface area contributed by atoms with Gasteiger partial charge in [-0.25, -0.2) is 0 Å². The lowest BCUT2D eigenvalue weighted by atomic mass is 9.90. The second-order valence-corrected chi connectivity index (χ2v) is 8.01. The van der Waals surface area contributed by atoms with Crippen LogP contribution in [0, 0.1) is 11.8 Å². The zero-order chi connectivity index (χ0) is 16.2. The number of hydrogen-bond acceptors (Lipinski definition) is 2. The molecule has 0 fully saturated rings. The van der Waals surface area contributed by atoms with E-state index in [1.54, 1.807) is 0 Å². The molecule has 1 atom stereocenters. The van der Waals surface area contributed by atoms with Crippen LogP contribution in [0.15, 0.2) is 4.47 Å². The Morgan fingerprint density at radius 1 is 1.24 bits per heavy atom. The molecule has 1 unspecified atom stereocenters. The Morgan fingerprint density at radius 2 is 1.86 bits per heavy atom. The van der Waals surface area contributed by atoms with Crippen LogP contribution in [0.2, 0.25) is 0 Å². The minimum absolute atomic E-state index is 0.171. The SMILES string of the molecule is CCc1nn(CC)c(CC(CNC(C)(C)C)C(C)C)c1Br. The molecular weight excluding hydrogens is 326 g/mol. The Bertz CT molecular complexity index is 444. The normalized spacial score (nSPS) is 14.0. The Morgan fingerprint density at radius 3 is 2.29 bits per heavy atom. The minimum Gasteiger partial charge on any atom is -0.312 e. The van der Waals surface area contributed by atoms with Gasteiger partial charge in [0, 0.05) is 12.1 Å². The van der Waals surface area contributed by atoms with Gasteiger partial charge in [0.15, 0.2) is 0 Å². The summed E-state index contributed by atoms with van der Waals surface area (Å²) in [5.41, 5.74) is 2.70. The molecule has 0 aliphatic heterocycles. The smallest absolute Gasteiger partial charge is 0.0766 e. The highest BCUT2D eigenvalue weighted by Crippen LogP contribution is 2.27. The Kier molecular flexibility index (Phi) is 6.92. The summed E-state index contributed by atoms with van der Waals surface area (Å²) in [6, 6.07) is 0. The van der Waals surface area contributed by atoms with E-state index in [1.165, 1.54) is 15.9 Å². The van der Waals surface area contributed by atoms with Crippen molar-refractivity contribution in [2.45, 2.75) is 73.4 Å². The largest absolute Gasteiger partial charge is 0.312 e. The van der Waals surface area contributed by atoms with E-state index >= 15 is 0 Å². The van der Waals surface area contributed by atoms with Crippen LogP contribution in [0.5, 0.6) is 0 Å². The molecule has 1 N–H and O–H groups in total. The van der Waals surface area contributed by atoms with Crippen molar-refractivity contribution in [3.05, 3.63) is 15.9 Å². The predicted octanol–water partition coefficient (Wildman–Crippen LogP) is 4.43. The molecule has 1 aromatic rings. The molecule has 1 heterocycles. The highest BCUT2D eigenvalue weighted by Gasteiger charge is 2.22. The third kappa shape index (κ3) is 5.41. The number of nitrogens with zero attached hydrogens (tertiary/aromatic N) is 2. The Hall–Kier alpha value is -0.350. The van der Waals surface area contributed by atoms with Crippen LogP contribution in [-0.4, -0.2) is 21.9 Å². The van der Waals surface area contributed by atoms with Crippen LogP contribution in [0.4, 0.5) is 0 Å². The predicted molar refractivity (Wildman–Crippen MR) is 94.8 cm³/mol. The second kappa shape index (κ2) is 7.77. The van der Waals surface area contributed by atoms with E-state index in [-0.39, 0.29) is 5.54 Å². The number of hydrogen-bond donors (Lipinski definition) is 1. The van der Waals surface area contributed by atoms with Crippen molar-refractivity contribution < 1.29 is 0 Å². The van der Waals surface area contributed by atoms with Gasteiger partial charge in [0.1, 0.15) is 0 Å². The average Bonchev–Trinajstić information content (AvgIpc) is 2.69. The highest BCUT2D eigenvalue weighted by atomic mass is 79.9. The van der Waals surface area contributed by atoms with Crippen LogP contribution in [0.25, 0.3) is 0 Å². The zero-order valence-electron chi connectivity index (χ0n) is 14.8. The maximum atomic E-state index is 4.72. The van der Waals surface area contributed by atoms with Crippen LogP contribution in [0.1, 0.15) is 59.9 Å². The fourth-order valence-electron chi connectivity index (χ4n) is 2.44. The number of aryl methyl sites for hydroxylation is 2. The summed E-state index contributed by atoms with van der Waals surface area (Å²) >= 11 is 3.77. The van der Waals surface area contributed by atoms with Crippen LogP contribution < -0.4 is 5.32 Å². The molecule has 1 aromatic heterocycles. The standard InChI is InChI=1S/C17H32BrN3/c1-8-14-16(18)15(21(9-2)20-14)10-13(12(3)4)11-19-17(5,6)7/h12-13,19H,8-11H2,1-7H3. The maximum Gasteiger partial charge on any atom is 0.0766 e. The van der Waals surface area contributed by atoms with E-state index < -0.39 is 0 Å². The van der Waals surface area contributed by atoms with Crippen LogP contribution in [-0.2, 0) is 19.4 Å². The molecule has 4 heteroatoms. The fraction of sp³-hybridized carbons (Fsp3) is 0.824. The second-order valence-electron chi connectivity index (χ2n) is 7.22. The first-order valence-corrected chi connectivity index (χ1v) is 8.97. The molecule has 3 nitrogen and oxygen atoms in total. The first kappa shape index (κ1) is 18.7. The lowest BCUT2D eigenvalue weighted by Crippen LogP contribution is -2.41. The van der Waals surface area contributed by atoms with Gasteiger partial charge in [-0.2, -0.15) is 5.10 Å². The van der Waals surface area contributed by atoms with Crippen molar-refractivity contribution in [2.75, 3.05) is 6.54 Å². The topological polar surface area (TPSA) is 29.9 Å². The summed E-state index contributed by atoms with van der Waals surface area (Å²) in [6.45, 7) is 17.6. The van der Waals surface area contributed by atoms with Crippen molar-refractivity contribution in [3.8, 4) is 0 Å². The molecule has 0 radical (unpaired) electrons. The van der Waals surface area contributed by atoms with E-state index in [0.29, 0.717) is 11.8 Å². The maximum absolute atomic E-state index is 4.72. The van der Waals surface area contributed by atoms with E-state index in [0.717, 1.165) is 25.9 Å². The summed E-state index contributed by atoms with van der Waals surface area (Å²) < 4.78 is 3.38. The van der Waals surface area contributed by atoms with Crippen LogP contribution >= 0.6 is 15.9 Å². The molecule has 0 saturated carbocycles. The Labute approximate surface area is 139 Å². The van der Waals surface area contributed by atoms with Crippen molar-refractivity contribution in [2.24, 2.45) is 11.8 Å². The molecule has 21 heavy (non-hydrogen) atoms. The summed E-state index contributed by atoms with van der Waals surface area (Å²) in [5.74, 6) is 1.27. The molecular formula is C17H32BrN3. The van der Waals surface area contributed by atoms with Crippen molar-refractivity contribution in [3.63, 3.8) is 0 Å². The Balaban J connectivity index is 2.91. The van der Waals surface area contributed by atoms with Gasteiger partial charge in [-0.1, -0.05) is 20.8 Å². The molecule has 0 bridgehead atoms. The van der Waals surface area contributed by atoms with Gasteiger partial charge in [0.2, 0.25) is 0 Å². The number of rotatable bonds is 7. The molecule has 122 valence electrons. The third-order valence-corrected chi connectivity index (χ3v) is 4.90. The highest BCUT2D eigenvalue weighted by molar-refractivity contribution is 9.10. The molecule has 0 aliphatic carbocycles. The number of halogens is 1. The molecule has 0 aromatic carbocycles. The van der Waals surface area contributed by atoms with E-state index in [1.807, 2.05) is 0 Å². The lowest BCUT2D eigenvalue weighted by molar-refractivity contribution is 0.307. The number of nitrogens with one attached hydrogen (secondary N) is 1. The van der Waals surface area contributed by atoms with Gasteiger partial charge in [0.25, 0.3) is 0 Å². The molecule has 0 saturated heterocycles. The summed E-state index contributed by atoms with van der Waals surface area (Å²) in [7, 11) is 0. The molecule has 1 rings (SSSR count). The quantitative estimate of drug-likeness (QED) is 0.781. The van der Waals surface area contributed by atoms with Gasteiger partial charge in [0.05, 0.1) is 15.9 Å². The summed E-state index contributed by atoms with van der Waals surface area (Å²) in [5, 5.41) is 8.37. The monoisotopic (exact) mass is 357 g/mol. The van der Waals surface area contributed by atoms with Gasteiger partial charge in [-0.05, 0) is 74.8 Å². The zero-order valence-corrected chi connectivity index (χ0v) is 16.3. The van der Waals surface area contributed by atoms with Crippen molar-refractivity contribution in [1.82, 2.24) is 15.1 Å². The average molecular weight is 358 g/mol. The molecule has 0 spiro atoms. The lowest BCUT2D eigenvalue weighted by Gasteiger charge is -2.28. The van der Waals surface area contributed by atoms with Gasteiger partial charge < -0.3 is 5.32 Å².